The van der Waals surface area contributed by atoms with E-state index in [1.807, 2.05) is 0 Å². The van der Waals surface area contributed by atoms with E-state index in [0.717, 1.165) is 0 Å². The van der Waals surface area contributed by atoms with Gasteiger partial charge in [-0.3, -0.25) is 0 Å². The van der Waals surface area contributed by atoms with Crippen LogP contribution in [0.1, 0.15) is 22.8 Å². The number of carbonyl (C=O) groups is 1. The third-order valence-electron chi connectivity index (χ3n) is 2.88. The molecule has 0 fully saturated rings. The molecule has 0 saturated carbocycles. The Labute approximate surface area is 122 Å². The van der Waals surface area contributed by atoms with E-state index < -0.39 is 5.97 Å². The molecule has 0 radical (unpaired) electrons. The van der Waals surface area contributed by atoms with E-state index in [9.17, 15) is 9.18 Å². The molecule has 4 nitrogen and oxygen atoms in total. The molecule has 0 amide bonds. The van der Waals surface area contributed by atoms with Gasteiger partial charge < -0.3 is 15.2 Å². The molecular weight excluding hydrogens is 273 g/mol. The standard InChI is InChI=1S/C16H16FNO3/c1-3-20-16(19)13-9-12(5-6-14(13)18)21-15-7-4-11(17)8-10(15)2/h4-9H,3,18H2,1-2H3. The molecule has 2 aromatic rings. The number of aryl methyl sites for hydroxylation is 1. The minimum absolute atomic E-state index is 0.245. The van der Waals surface area contributed by atoms with Crippen molar-refractivity contribution in [1.82, 2.24) is 0 Å². The van der Waals surface area contributed by atoms with Crippen molar-refractivity contribution in [2.75, 3.05) is 12.3 Å². The average molecular weight is 289 g/mol. The van der Waals surface area contributed by atoms with Crippen LogP contribution in [0.4, 0.5) is 10.1 Å². The van der Waals surface area contributed by atoms with Crippen LogP contribution in [0.15, 0.2) is 36.4 Å². The lowest BCUT2D eigenvalue weighted by Crippen LogP contribution is -2.08. The van der Waals surface area contributed by atoms with Crippen LogP contribution in [-0.2, 0) is 4.74 Å². The molecule has 0 aliphatic rings. The van der Waals surface area contributed by atoms with Crippen LogP contribution in [0.25, 0.3) is 0 Å². The number of rotatable bonds is 4. The second-order valence-electron chi connectivity index (χ2n) is 4.48. The Bertz CT molecular complexity index is 671. The predicted molar refractivity (Wildman–Crippen MR) is 78.0 cm³/mol. The number of nitrogen functional groups attached to an aromatic ring is 1. The minimum atomic E-state index is -0.503. The maximum Gasteiger partial charge on any atom is 0.340 e. The van der Waals surface area contributed by atoms with Gasteiger partial charge in [-0.05, 0) is 55.8 Å². The fourth-order valence-corrected chi connectivity index (χ4v) is 1.84. The number of benzene rings is 2. The Morgan fingerprint density at radius 1 is 1.24 bits per heavy atom. The van der Waals surface area contributed by atoms with Crippen LogP contribution in [0.3, 0.4) is 0 Å². The summed E-state index contributed by atoms with van der Waals surface area (Å²) in [6, 6.07) is 8.94. The first-order chi connectivity index (χ1) is 10.0. The summed E-state index contributed by atoms with van der Waals surface area (Å²) in [7, 11) is 0. The van der Waals surface area contributed by atoms with Gasteiger partial charge in [-0.2, -0.15) is 0 Å². The van der Waals surface area contributed by atoms with Crippen LogP contribution in [0.2, 0.25) is 0 Å². The SMILES string of the molecule is CCOC(=O)c1cc(Oc2ccc(F)cc2C)ccc1N. The molecule has 2 N–H and O–H groups in total. The van der Waals surface area contributed by atoms with E-state index in [1.165, 1.54) is 24.3 Å². The second kappa shape index (κ2) is 6.26. The maximum absolute atomic E-state index is 13.1. The van der Waals surface area contributed by atoms with Crippen LogP contribution in [0.5, 0.6) is 11.5 Å². The fourth-order valence-electron chi connectivity index (χ4n) is 1.84. The normalized spacial score (nSPS) is 10.2. The summed E-state index contributed by atoms with van der Waals surface area (Å²) < 4.78 is 23.6. The summed E-state index contributed by atoms with van der Waals surface area (Å²) in [6.07, 6.45) is 0. The molecule has 21 heavy (non-hydrogen) atoms. The molecule has 0 aliphatic heterocycles. The van der Waals surface area contributed by atoms with Crippen molar-refractivity contribution in [3.8, 4) is 11.5 Å². The number of halogens is 1. The zero-order valence-corrected chi connectivity index (χ0v) is 11.9. The lowest BCUT2D eigenvalue weighted by molar-refractivity contribution is 0.0527. The molecule has 0 saturated heterocycles. The molecule has 0 atom stereocenters. The largest absolute Gasteiger partial charge is 0.462 e. The molecule has 0 aliphatic carbocycles. The van der Waals surface area contributed by atoms with E-state index in [4.69, 9.17) is 15.2 Å². The molecule has 110 valence electrons. The summed E-state index contributed by atoms with van der Waals surface area (Å²) >= 11 is 0. The predicted octanol–water partition coefficient (Wildman–Crippen LogP) is 3.69. The molecular formula is C16H16FNO3. The van der Waals surface area contributed by atoms with Crippen molar-refractivity contribution in [3.05, 3.63) is 53.3 Å². The van der Waals surface area contributed by atoms with E-state index in [-0.39, 0.29) is 18.0 Å². The monoisotopic (exact) mass is 289 g/mol. The Kier molecular flexibility index (Phi) is 4.42. The van der Waals surface area contributed by atoms with Gasteiger partial charge in [0.2, 0.25) is 0 Å². The Hall–Kier alpha value is -2.56. The van der Waals surface area contributed by atoms with Crippen molar-refractivity contribution in [1.29, 1.82) is 0 Å². The molecule has 0 unspecified atom stereocenters. The molecule has 0 heterocycles. The lowest BCUT2D eigenvalue weighted by atomic mass is 10.1. The van der Waals surface area contributed by atoms with Gasteiger partial charge in [-0.1, -0.05) is 0 Å². The third-order valence-corrected chi connectivity index (χ3v) is 2.88. The Morgan fingerprint density at radius 3 is 2.67 bits per heavy atom. The number of esters is 1. The van der Waals surface area contributed by atoms with Gasteiger partial charge >= 0.3 is 5.97 Å². The highest BCUT2D eigenvalue weighted by molar-refractivity contribution is 5.95. The van der Waals surface area contributed by atoms with Crippen molar-refractivity contribution in [2.24, 2.45) is 0 Å². The average Bonchev–Trinajstić information content (AvgIpc) is 2.44. The van der Waals surface area contributed by atoms with Crippen molar-refractivity contribution < 1.29 is 18.7 Å². The Morgan fingerprint density at radius 2 is 2.00 bits per heavy atom. The summed E-state index contributed by atoms with van der Waals surface area (Å²) in [5.41, 5.74) is 6.98. The van der Waals surface area contributed by atoms with Crippen molar-refractivity contribution >= 4 is 11.7 Å². The third kappa shape index (κ3) is 3.51. The zero-order valence-electron chi connectivity index (χ0n) is 11.9. The van der Waals surface area contributed by atoms with E-state index in [1.54, 1.807) is 26.0 Å². The topological polar surface area (TPSA) is 61.5 Å². The van der Waals surface area contributed by atoms with Gasteiger partial charge in [-0.15, -0.1) is 0 Å². The molecule has 0 aromatic heterocycles. The van der Waals surface area contributed by atoms with E-state index in [2.05, 4.69) is 0 Å². The number of nitrogens with two attached hydrogens (primary N) is 1. The summed E-state index contributed by atoms with van der Waals surface area (Å²) in [5, 5.41) is 0. The van der Waals surface area contributed by atoms with E-state index in [0.29, 0.717) is 22.7 Å². The quantitative estimate of drug-likeness (QED) is 0.689. The lowest BCUT2D eigenvalue weighted by Gasteiger charge is -2.11. The minimum Gasteiger partial charge on any atom is -0.462 e. The first-order valence-electron chi connectivity index (χ1n) is 6.52. The number of hydrogen-bond acceptors (Lipinski definition) is 4. The number of carbonyl (C=O) groups excluding carboxylic acids is 1. The highest BCUT2D eigenvalue weighted by atomic mass is 19.1. The molecule has 2 aromatic carbocycles. The molecule has 0 bridgehead atoms. The molecule has 0 spiro atoms. The van der Waals surface area contributed by atoms with E-state index >= 15 is 0 Å². The number of anilines is 1. The van der Waals surface area contributed by atoms with Gasteiger partial charge in [0.15, 0.2) is 0 Å². The van der Waals surface area contributed by atoms with Crippen LogP contribution in [-0.4, -0.2) is 12.6 Å². The van der Waals surface area contributed by atoms with Crippen LogP contribution < -0.4 is 10.5 Å². The van der Waals surface area contributed by atoms with Gasteiger partial charge in [0, 0.05) is 5.69 Å². The van der Waals surface area contributed by atoms with Crippen LogP contribution >= 0.6 is 0 Å². The van der Waals surface area contributed by atoms with Crippen molar-refractivity contribution in [2.45, 2.75) is 13.8 Å². The molecule has 5 heteroatoms. The van der Waals surface area contributed by atoms with Gasteiger partial charge in [0.05, 0.1) is 12.2 Å². The fraction of sp³-hybridized carbons (Fsp3) is 0.188. The summed E-state index contributed by atoms with van der Waals surface area (Å²) in [4.78, 5) is 11.8. The zero-order chi connectivity index (χ0) is 15.4. The summed E-state index contributed by atoms with van der Waals surface area (Å²) in [5.74, 6) is 0.110. The smallest absolute Gasteiger partial charge is 0.340 e. The maximum atomic E-state index is 13.1. The van der Waals surface area contributed by atoms with Gasteiger partial charge in [0.1, 0.15) is 17.3 Å². The second-order valence-corrected chi connectivity index (χ2v) is 4.48. The first-order valence-corrected chi connectivity index (χ1v) is 6.52. The van der Waals surface area contributed by atoms with Crippen LogP contribution in [0, 0.1) is 12.7 Å². The first kappa shape index (κ1) is 14.8. The Balaban J connectivity index is 2.28. The highest BCUT2D eigenvalue weighted by Gasteiger charge is 2.13. The van der Waals surface area contributed by atoms with Crippen molar-refractivity contribution in [3.63, 3.8) is 0 Å². The number of ether oxygens (including phenoxy) is 2. The van der Waals surface area contributed by atoms with Gasteiger partial charge in [0.25, 0.3) is 0 Å². The number of hydrogen-bond donors (Lipinski definition) is 1. The molecule has 2 rings (SSSR count). The highest BCUT2D eigenvalue weighted by Crippen LogP contribution is 2.28. The van der Waals surface area contributed by atoms with Gasteiger partial charge in [-0.25, -0.2) is 9.18 Å². The summed E-state index contributed by atoms with van der Waals surface area (Å²) in [6.45, 7) is 3.72.